The third kappa shape index (κ3) is 68.0. The zero-order valence-corrected chi connectivity index (χ0v) is 54.6. The third-order valence-electron chi connectivity index (χ3n) is 16.3. The van der Waals surface area contributed by atoms with E-state index in [2.05, 4.69) is 69.4 Å². The van der Waals surface area contributed by atoms with Crippen LogP contribution < -0.4 is 0 Å². The Morgan fingerprint density at radius 2 is 0.444 bits per heavy atom. The summed E-state index contributed by atoms with van der Waals surface area (Å²) in [5, 5.41) is 0. The molecule has 0 aromatic rings. The van der Waals surface area contributed by atoms with Crippen molar-refractivity contribution in [1.82, 2.24) is 0 Å². The van der Waals surface area contributed by atoms with Crippen LogP contribution in [0.15, 0.2) is 48.6 Å². The van der Waals surface area contributed by atoms with E-state index < -0.39 is 6.10 Å². The quantitative estimate of drug-likeness (QED) is 0.0261. The first-order valence-electron chi connectivity index (χ1n) is 36.1. The molecule has 0 rings (SSSR count). The van der Waals surface area contributed by atoms with Crippen molar-refractivity contribution in [2.24, 2.45) is 0 Å². The lowest BCUT2D eigenvalue weighted by Crippen LogP contribution is -2.30. The lowest BCUT2D eigenvalue weighted by molar-refractivity contribution is -0.167. The van der Waals surface area contributed by atoms with Crippen LogP contribution in [0.3, 0.4) is 0 Å². The van der Waals surface area contributed by atoms with Gasteiger partial charge in [0.1, 0.15) is 13.2 Å². The summed E-state index contributed by atoms with van der Waals surface area (Å²) in [6.07, 6.45) is 88.6. The van der Waals surface area contributed by atoms with Crippen molar-refractivity contribution in [3.05, 3.63) is 48.6 Å². The Balaban J connectivity index is 4.22. The molecular formula is C75H138O6. The highest BCUT2D eigenvalue weighted by molar-refractivity contribution is 5.71. The molecule has 0 N–H and O–H groups in total. The summed E-state index contributed by atoms with van der Waals surface area (Å²) in [6, 6.07) is 0. The summed E-state index contributed by atoms with van der Waals surface area (Å²) in [6.45, 7) is 6.64. The maximum absolute atomic E-state index is 12.9. The number of unbranched alkanes of at least 4 members (excludes halogenated alkanes) is 48. The zero-order chi connectivity index (χ0) is 58.5. The molecule has 0 aromatic heterocycles. The summed E-state index contributed by atoms with van der Waals surface area (Å²) < 4.78 is 17.0. The van der Waals surface area contributed by atoms with Gasteiger partial charge in [0.15, 0.2) is 6.10 Å². The van der Waals surface area contributed by atoms with Crippen molar-refractivity contribution in [2.75, 3.05) is 13.2 Å². The highest BCUT2D eigenvalue weighted by atomic mass is 16.6. The smallest absolute Gasteiger partial charge is 0.306 e. The van der Waals surface area contributed by atoms with Gasteiger partial charge in [-0.25, -0.2) is 0 Å². The Hall–Kier alpha value is -2.63. The second-order valence-corrected chi connectivity index (χ2v) is 24.5. The average Bonchev–Trinajstić information content (AvgIpc) is 3.47. The molecule has 81 heavy (non-hydrogen) atoms. The minimum absolute atomic E-state index is 0.0755. The number of allylic oxidation sites excluding steroid dienone is 8. The molecule has 0 aliphatic rings. The first kappa shape index (κ1) is 78.4. The maximum atomic E-state index is 12.9. The summed E-state index contributed by atoms with van der Waals surface area (Å²) in [7, 11) is 0. The van der Waals surface area contributed by atoms with E-state index in [-0.39, 0.29) is 31.1 Å². The molecule has 1 atom stereocenters. The predicted molar refractivity (Wildman–Crippen MR) is 353 cm³/mol. The Morgan fingerprint density at radius 1 is 0.247 bits per heavy atom. The van der Waals surface area contributed by atoms with Crippen LogP contribution in [0.5, 0.6) is 0 Å². The summed E-state index contributed by atoms with van der Waals surface area (Å²) >= 11 is 0. The topological polar surface area (TPSA) is 78.9 Å². The zero-order valence-electron chi connectivity index (χ0n) is 54.6. The van der Waals surface area contributed by atoms with Crippen molar-refractivity contribution < 1.29 is 28.6 Å². The highest BCUT2D eigenvalue weighted by Gasteiger charge is 2.19. The van der Waals surface area contributed by atoms with Crippen LogP contribution >= 0.6 is 0 Å². The van der Waals surface area contributed by atoms with E-state index in [0.29, 0.717) is 19.3 Å². The fourth-order valence-corrected chi connectivity index (χ4v) is 10.9. The van der Waals surface area contributed by atoms with Crippen molar-refractivity contribution >= 4 is 17.9 Å². The van der Waals surface area contributed by atoms with E-state index in [4.69, 9.17) is 14.2 Å². The second-order valence-electron chi connectivity index (χ2n) is 24.5. The van der Waals surface area contributed by atoms with Crippen LogP contribution in [0, 0.1) is 0 Å². The number of hydrogen-bond acceptors (Lipinski definition) is 6. The van der Waals surface area contributed by atoms with Gasteiger partial charge >= 0.3 is 17.9 Å². The monoisotopic (exact) mass is 1140 g/mol. The van der Waals surface area contributed by atoms with Crippen molar-refractivity contribution in [3.63, 3.8) is 0 Å². The lowest BCUT2D eigenvalue weighted by Gasteiger charge is -2.18. The Labute approximate surface area is 505 Å². The van der Waals surface area contributed by atoms with Gasteiger partial charge < -0.3 is 14.2 Å². The van der Waals surface area contributed by atoms with Crippen molar-refractivity contribution in [1.29, 1.82) is 0 Å². The molecule has 0 saturated carbocycles. The van der Waals surface area contributed by atoms with E-state index in [9.17, 15) is 14.4 Å². The van der Waals surface area contributed by atoms with Gasteiger partial charge in [-0.2, -0.15) is 0 Å². The van der Waals surface area contributed by atoms with Crippen molar-refractivity contribution in [3.8, 4) is 0 Å². The number of esters is 3. The predicted octanol–water partition coefficient (Wildman–Crippen LogP) is 24.9. The highest BCUT2D eigenvalue weighted by Crippen LogP contribution is 2.19. The first-order valence-corrected chi connectivity index (χ1v) is 36.1. The molecule has 474 valence electrons. The Bertz CT molecular complexity index is 1400. The van der Waals surface area contributed by atoms with Gasteiger partial charge in [-0.15, -0.1) is 0 Å². The fraction of sp³-hybridized carbons (Fsp3) is 0.853. The first-order chi connectivity index (χ1) is 40.0. The number of rotatable bonds is 67. The van der Waals surface area contributed by atoms with Crippen LogP contribution in [0.4, 0.5) is 0 Å². The summed E-state index contributed by atoms with van der Waals surface area (Å²) in [4.78, 5) is 38.4. The third-order valence-corrected chi connectivity index (χ3v) is 16.3. The second kappa shape index (κ2) is 69.9. The normalized spacial score (nSPS) is 12.3. The van der Waals surface area contributed by atoms with Gasteiger partial charge in [-0.05, 0) is 83.5 Å². The summed E-state index contributed by atoms with van der Waals surface area (Å²) in [5.74, 6) is -0.869. The van der Waals surface area contributed by atoms with Gasteiger partial charge in [0, 0.05) is 19.3 Å². The van der Waals surface area contributed by atoms with E-state index in [1.54, 1.807) is 0 Å². The molecule has 1 unspecified atom stereocenters. The molecule has 0 heterocycles. The minimum Gasteiger partial charge on any atom is -0.462 e. The minimum atomic E-state index is -0.781. The molecule has 0 aromatic carbocycles. The Morgan fingerprint density at radius 3 is 0.704 bits per heavy atom. The maximum Gasteiger partial charge on any atom is 0.306 e. The van der Waals surface area contributed by atoms with Gasteiger partial charge in [0.2, 0.25) is 0 Å². The van der Waals surface area contributed by atoms with E-state index in [1.807, 2.05) is 0 Å². The molecule has 0 amide bonds. The fourth-order valence-electron chi connectivity index (χ4n) is 10.9. The molecular weight excluding hydrogens is 997 g/mol. The van der Waals surface area contributed by atoms with Crippen molar-refractivity contribution in [2.45, 2.75) is 399 Å². The molecule has 0 aliphatic carbocycles. The van der Waals surface area contributed by atoms with Gasteiger partial charge in [-0.3, -0.25) is 14.4 Å². The molecule has 6 heteroatoms. The lowest BCUT2D eigenvalue weighted by atomic mass is 10.0. The molecule has 0 spiro atoms. The summed E-state index contributed by atoms with van der Waals surface area (Å²) in [5.41, 5.74) is 0. The number of carbonyl (C=O) groups is 3. The van der Waals surface area contributed by atoms with Crippen LogP contribution in [0.2, 0.25) is 0 Å². The van der Waals surface area contributed by atoms with E-state index in [0.717, 1.165) is 83.5 Å². The van der Waals surface area contributed by atoms with Gasteiger partial charge in [0.05, 0.1) is 0 Å². The van der Waals surface area contributed by atoms with Crippen LogP contribution in [0.25, 0.3) is 0 Å². The average molecular weight is 1140 g/mol. The molecule has 6 nitrogen and oxygen atoms in total. The van der Waals surface area contributed by atoms with E-state index >= 15 is 0 Å². The molecule has 0 radical (unpaired) electrons. The Kier molecular flexibility index (Phi) is 67.6. The molecule has 0 saturated heterocycles. The largest absolute Gasteiger partial charge is 0.462 e. The molecule has 0 bridgehead atoms. The number of carbonyl (C=O) groups excluding carboxylic acids is 3. The van der Waals surface area contributed by atoms with Crippen LogP contribution in [-0.2, 0) is 28.6 Å². The molecule has 0 fully saturated rings. The van der Waals surface area contributed by atoms with Crippen LogP contribution in [0.1, 0.15) is 393 Å². The van der Waals surface area contributed by atoms with Crippen LogP contribution in [-0.4, -0.2) is 37.2 Å². The van der Waals surface area contributed by atoms with Gasteiger partial charge in [0.25, 0.3) is 0 Å². The number of hydrogen-bond donors (Lipinski definition) is 0. The standard InChI is InChI=1S/C75H138O6/c1-4-7-10-13-16-19-22-25-28-30-32-33-34-35-36-37-38-39-40-41-43-44-47-50-53-56-59-62-65-68-74(77)80-71-72(70-79-73(76)67-64-61-58-55-52-49-46-27-24-21-18-15-12-9-6-3)81-75(78)69-66-63-60-57-54-51-48-45-42-31-29-26-23-20-17-14-11-8-5-2/h17-18,20-21,26-27,29,46,72H,4-16,19,22-25,28,30-45,47-71H2,1-3H3/b20-17-,21-18-,29-26-,46-27-. The SMILES string of the molecule is CCCCC/C=C\C/C=C\CCCCCCCCCCCC(=O)OC(COC(=O)CCCCCCC/C=C\C/C=C\CCCCC)COC(=O)CCCCCCCCCCCCCCCCCCCCCCCCCCCCCCC. The molecule has 0 aliphatic heterocycles. The van der Waals surface area contributed by atoms with E-state index in [1.165, 1.54) is 270 Å². The number of ether oxygens (including phenoxy) is 3. The van der Waals surface area contributed by atoms with Gasteiger partial charge in [-0.1, -0.05) is 339 Å².